The molecule has 2 rings (SSSR count). The average Bonchev–Trinajstić information content (AvgIpc) is 2.39. The van der Waals surface area contributed by atoms with Gasteiger partial charge in [0, 0.05) is 6.20 Å². The summed E-state index contributed by atoms with van der Waals surface area (Å²) in [6.45, 7) is 0. The monoisotopic (exact) mass is 271 g/mol. The first-order valence-electron chi connectivity index (χ1n) is 5.88. The van der Waals surface area contributed by atoms with Gasteiger partial charge in [0.2, 0.25) is 0 Å². The molecule has 6 nitrogen and oxygen atoms in total. The molecule has 1 aromatic carbocycles. The van der Waals surface area contributed by atoms with E-state index in [1.807, 2.05) is 6.07 Å². The number of carboxylic acids is 1. The lowest BCUT2D eigenvalue weighted by Gasteiger charge is -2.14. The van der Waals surface area contributed by atoms with Crippen molar-refractivity contribution in [3.05, 3.63) is 59.8 Å². The fourth-order valence-corrected chi connectivity index (χ4v) is 1.94. The summed E-state index contributed by atoms with van der Waals surface area (Å²) in [6, 6.07) is 11.2. The molecule has 0 spiro atoms. The Labute approximate surface area is 115 Å². The van der Waals surface area contributed by atoms with Crippen molar-refractivity contribution in [2.75, 3.05) is 5.32 Å². The number of nitrogens with one attached hydrogen (secondary N) is 1. The standard InChI is InChI=1S/C14H13N3O3/c15-14(20)17-11-8-10(6-7-16-11)12(13(18)19)9-4-2-1-3-5-9/h1-8,12H,(H,18,19)(H3,15,16,17,20). The quantitative estimate of drug-likeness (QED) is 0.788. The van der Waals surface area contributed by atoms with Gasteiger partial charge in [-0.2, -0.15) is 0 Å². The highest BCUT2D eigenvalue weighted by Crippen LogP contribution is 2.25. The second kappa shape index (κ2) is 5.83. The maximum Gasteiger partial charge on any atom is 0.317 e. The van der Waals surface area contributed by atoms with Crippen molar-refractivity contribution < 1.29 is 14.7 Å². The number of anilines is 1. The zero-order valence-corrected chi connectivity index (χ0v) is 10.5. The van der Waals surface area contributed by atoms with Gasteiger partial charge < -0.3 is 10.8 Å². The summed E-state index contributed by atoms with van der Waals surface area (Å²) in [4.78, 5) is 26.2. The normalized spacial score (nSPS) is 11.6. The molecule has 0 aliphatic heterocycles. The zero-order chi connectivity index (χ0) is 14.5. The number of primary amides is 1. The van der Waals surface area contributed by atoms with Crippen LogP contribution in [0.3, 0.4) is 0 Å². The SMILES string of the molecule is NC(=O)Nc1cc(C(C(=O)O)c2ccccc2)ccn1. The number of pyridine rings is 1. The number of nitrogens with zero attached hydrogens (tertiary/aromatic N) is 1. The van der Waals surface area contributed by atoms with Gasteiger partial charge >= 0.3 is 12.0 Å². The van der Waals surface area contributed by atoms with Gasteiger partial charge in [-0.1, -0.05) is 30.3 Å². The molecule has 0 bridgehead atoms. The number of aliphatic carboxylic acids is 1. The molecular formula is C14H13N3O3. The summed E-state index contributed by atoms with van der Waals surface area (Å²) in [7, 11) is 0. The average molecular weight is 271 g/mol. The second-order valence-corrected chi connectivity index (χ2v) is 4.15. The van der Waals surface area contributed by atoms with Crippen LogP contribution in [0.25, 0.3) is 0 Å². The van der Waals surface area contributed by atoms with Gasteiger partial charge in [-0.3, -0.25) is 10.1 Å². The lowest BCUT2D eigenvalue weighted by Crippen LogP contribution is -2.20. The number of benzene rings is 1. The van der Waals surface area contributed by atoms with Crippen LogP contribution in [0.2, 0.25) is 0 Å². The highest BCUT2D eigenvalue weighted by molar-refractivity contribution is 5.87. The Morgan fingerprint density at radius 1 is 1.15 bits per heavy atom. The van der Waals surface area contributed by atoms with Crippen molar-refractivity contribution in [1.29, 1.82) is 0 Å². The third-order valence-electron chi connectivity index (χ3n) is 2.75. The highest BCUT2D eigenvalue weighted by Gasteiger charge is 2.22. The first kappa shape index (κ1) is 13.5. The molecule has 102 valence electrons. The number of carbonyl (C=O) groups excluding carboxylic acids is 1. The maximum atomic E-state index is 11.5. The summed E-state index contributed by atoms with van der Waals surface area (Å²) in [5.41, 5.74) is 6.18. The molecule has 0 aliphatic rings. The van der Waals surface area contributed by atoms with Crippen molar-refractivity contribution >= 4 is 17.8 Å². The van der Waals surface area contributed by atoms with E-state index in [9.17, 15) is 14.7 Å². The van der Waals surface area contributed by atoms with Gasteiger partial charge in [-0.05, 0) is 23.3 Å². The summed E-state index contributed by atoms with van der Waals surface area (Å²) >= 11 is 0. The van der Waals surface area contributed by atoms with Crippen LogP contribution in [0.5, 0.6) is 0 Å². The molecule has 1 atom stereocenters. The van der Waals surface area contributed by atoms with E-state index in [4.69, 9.17) is 5.73 Å². The molecule has 2 aromatic rings. The van der Waals surface area contributed by atoms with Crippen LogP contribution >= 0.6 is 0 Å². The number of carboxylic acid groups (broad SMARTS) is 1. The molecule has 0 fully saturated rings. The minimum Gasteiger partial charge on any atom is -0.481 e. The minimum atomic E-state index is -0.979. The Bertz CT molecular complexity index is 629. The molecule has 2 amide bonds. The zero-order valence-electron chi connectivity index (χ0n) is 10.5. The minimum absolute atomic E-state index is 0.220. The van der Waals surface area contributed by atoms with Crippen LogP contribution in [-0.2, 0) is 4.79 Å². The van der Waals surface area contributed by atoms with Crippen LogP contribution in [0.15, 0.2) is 48.7 Å². The predicted molar refractivity (Wildman–Crippen MR) is 73.4 cm³/mol. The Kier molecular flexibility index (Phi) is 3.95. The fraction of sp³-hybridized carbons (Fsp3) is 0.0714. The molecule has 20 heavy (non-hydrogen) atoms. The number of nitrogens with two attached hydrogens (primary N) is 1. The molecule has 0 radical (unpaired) electrons. The number of hydrogen-bond donors (Lipinski definition) is 3. The van der Waals surface area contributed by atoms with Crippen LogP contribution in [0, 0.1) is 0 Å². The Morgan fingerprint density at radius 2 is 1.85 bits per heavy atom. The first-order chi connectivity index (χ1) is 9.58. The van der Waals surface area contributed by atoms with Crippen LogP contribution < -0.4 is 11.1 Å². The van der Waals surface area contributed by atoms with Crippen LogP contribution in [-0.4, -0.2) is 22.1 Å². The van der Waals surface area contributed by atoms with E-state index < -0.39 is 17.9 Å². The fourth-order valence-electron chi connectivity index (χ4n) is 1.94. The van der Waals surface area contributed by atoms with Crippen molar-refractivity contribution in [2.24, 2.45) is 5.73 Å². The first-order valence-corrected chi connectivity index (χ1v) is 5.88. The summed E-state index contributed by atoms with van der Waals surface area (Å²) in [6.07, 6.45) is 1.43. The van der Waals surface area contributed by atoms with Crippen molar-refractivity contribution in [1.82, 2.24) is 4.98 Å². The van der Waals surface area contributed by atoms with Gasteiger partial charge in [0.05, 0.1) is 0 Å². The van der Waals surface area contributed by atoms with Gasteiger partial charge in [0.1, 0.15) is 11.7 Å². The molecule has 6 heteroatoms. The predicted octanol–water partition coefficient (Wildman–Crippen LogP) is 1.79. The van der Waals surface area contributed by atoms with Crippen molar-refractivity contribution in [2.45, 2.75) is 5.92 Å². The maximum absolute atomic E-state index is 11.5. The van der Waals surface area contributed by atoms with Crippen molar-refractivity contribution in [3.8, 4) is 0 Å². The molecule has 4 N–H and O–H groups in total. The lowest BCUT2D eigenvalue weighted by molar-refractivity contribution is -0.137. The molecule has 0 saturated carbocycles. The van der Waals surface area contributed by atoms with E-state index in [-0.39, 0.29) is 5.82 Å². The van der Waals surface area contributed by atoms with Gasteiger partial charge in [0.15, 0.2) is 0 Å². The smallest absolute Gasteiger partial charge is 0.317 e. The van der Waals surface area contributed by atoms with E-state index in [2.05, 4.69) is 10.3 Å². The van der Waals surface area contributed by atoms with E-state index in [0.29, 0.717) is 11.1 Å². The van der Waals surface area contributed by atoms with Gasteiger partial charge in [-0.25, -0.2) is 9.78 Å². The summed E-state index contributed by atoms with van der Waals surface area (Å²) in [5, 5.41) is 11.7. The van der Waals surface area contributed by atoms with Gasteiger partial charge in [-0.15, -0.1) is 0 Å². The topological polar surface area (TPSA) is 105 Å². The largest absolute Gasteiger partial charge is 0.481 e. The van der Waals surface area contributed by atoms with E-state index >= 15 is 0 Å². The van der Waals surface area contributed by atoms with Crippen molar-refractivity contribution in [3.63, 3.8) is 0 Å². The highest BCUT2D eigenvalue weighted by atomic mass is 16.4. The molecule has 1 unspecified atom stereocenters. The summed E-state index contributed by atoms with van der Waals surface area (Å²) < 4.78 is 0. The third-order valence-corrected chi connectivity index (χ3v) is 2.75. The third kappa shape index (κ3) is 3.11. The lowest BCUT2D eigenvalue weighted by atomic mass is 9.92. The number of amides is 2. The molecule has 1 heterocycles. The Balaban J connectivity index is 2.40. The molecule has 0 aliphatic carbocycles. The van der Waals surface area contributed by atoms with E-state index in [0.717, 1.165) is 0 Å². The Hall–Kier alpha value is -2.89. The van der Waals surface area contributed by atoms with E-state index in [1.165, 1.54) is 12.3 Å². The van der Waals surface area contributed by atoms with E-state index in [1.54, 1.807) is 30.3 Å². The number of carbonyl (C=O) groups is 2. The van der Waals surface area contributed by atoms with Gasteiger partial charge in [0.25, 0.3) is 0 Å². The molecule has 1 aromatic heterocycles. The number of aromatic nitrogens is 1. The second-order valence-electron chi connectivity index (χ2n) is 4.15. The Morgan fingerprint density at radius 3 is 2.45 bits per heavy atom. The number of rotatable bonds is 4. The van der Waals surface area contributed by atoms with Crippen LogP contribution in [0.4, 0.5) is 10.6 Å². The van der Waals surface area contributed by atoms with Crippen LogP contribution in [0.1, 0.15) is 17.0 Å². The summed E-state index contributed by atoms with van der Waals surface area (Å²) in [5.74, 6) is -1.59. The molecule has 0 saturated heterocycles. The number of urea groups is 1. The number of hydrogen-bond acceptors (Lipinski definition) is 3. The molecular weight excluding hydrogens is 258 g/mol.